The number of carbonyl (C=O) groups is 1. The summed E-state index contributed by atoms with van der Waals surface area (Å²) in [6, 6.07) is 9.02. The van der Waals surface area contributed by atoms with Crippen LogP contribution in [-0.2, 0) is 4.74 Å². The Morgan fingerprint density at radius 3 is 2.61 bits per heavy atom. The lowest BCUT2D eigenvalue weighted by Crippen LogP contribution is -2.48. The highest BCUT2D eigenvalue weighted by Gasteiger charge is 2.23. The zero-order chi connectivity index (χ0) is 22.1. The van der Waals surface area contributed by atoms with Crippen molar-refractivity contribution in [3.05, 3.63) is 29.8 Å². The third-order valence-corrected chi connectivity index (χ3v) is 6.03. The average molecular weight is 431 g/mol. The summed E-state index contributed by atoms with van der Waals surface area (Å²) in [7, 11) is 0. The molecule has 31 heavy (non-hydrogen) atoms. The molecular formula is C23H38N6O2. The summed E-state index contributed by atoms with van der Waals surface area (Å²) >= 11 is 0. The number of amides is 1. The van der Waals surface area contributed by atoms with Crippen molar-refractivity contribution in [1.82, 2.24) is 15.1 Å². The molecule has 0 aromatic heterocycles. The monoisotopic (exact) mass is 430 g/mol. The number of guanidine groups is 1. The van der Waals surface area contributed by atoms with E-state index in [0.29, 0.717) is 25.7 Å². The highest BCUT2D eigenvalue weighted by atomic mass is 16.6. The average Bonchev–Trinajstić information content (AvgIpc) is 2.78. The van der Waals surface area contributed by atoms with Crippen LogP contribution in [0.25, 0.3) is 0 Å². The van der Waals surface area contributed by atoms with E-state index in [9.17, 15) is 4.79 Å². The van der Waals surface area contributed by atoms with E-state index >= 15 is 0 Å². The molecule has 2 heterocycles. The summed E-state index contributed by atoms with van der Waals surface area (Å²) < 4.78 is 5.06. The third-order valence-electron chi connectivity index (χ3n) is 6.03. The van der Waals surface area contributed by atoms with Crippen LogP contribution in [-0.4, -0.2) is 86.9 Å². The van der Waals surface area contributed by atoms with Crippen molar-refractivity contribution < 1.29 is 9.53 Å². The molecule has 172 valence electrons. The molecule has 0 radical (unpaired) electrons. The van der Waals surface area contributed by atoms with Gasteiger partial charge in [-0.1, -0.05) is 12.1 Å². The Balaban J connectivity index is 1.29. The smallest absolute Gasteiger partial charge is 0.409 e. The summed E-state index contributed by atoms with van der Waals surface area (Å²) in [6.45, 7) is 11.9. The first-order valence-corrected chi connectivity index (χ1v) is 11.6. The van der Waals surface area contributed by atoms with Gasteiger partial charge in [-0.15, -0.1) is 0 Å². The lowest BCUT2D eigenvalue weighted by Gasteiger charge is -2.36. The number of hydrogen-bond donors (Lipinski definition) is 2. The van der Waals surface area contributed by atoms with Gasteiger partial charge in [-0.25, -0.2) is 4.79 Å². The van der Waals surface area contributed by atoms with E-state index in [4.69, 9.17) is 10.5 Å². The number of aryl methyl sites for hydroxylation is 1. The van der Waals surface area contributed by atoms with Crippen molar-refractivity contribution in [2.75, 3.05) is 63.9 Å². The number of nitrogens with one attached hydrogen (secondary N) is 1. The molecule has 0 spiro atoms. The van der Waals surface area contributed by atoms with E-state index in [-0.39, 0.29) is 12.1 Å². The third kappa shape index (κ3) is 7.31. The number of rotatable bonds is 7. The van der Waals surface area contributed by atoms with E-state index in [1.165, 1.54) is 11.3 Å². The van der Waals surface area contributed by atoms with Crippen LogP contribution in [0.2, 0.25) is 0 Å². The van der Waals surface area contributed by atoms with Gasteiger partial charge in [-0.2, -0.15) is 0 Å². The van der Waals surface area contributed by atoms with Crippen LogP contribution in [0.15, 0.2) is 29.3 Å². The molecule has 1 aromatic rings. The molecular weight excluding hydrogens is 392 g/mol. The molecule has 3 N–H and O–H groups in total. The number of likely N-dealkylation sites (tertiary alicyclic amines) is 1. The maximum Gasteiger partial charge on any atom is 0.409 e. The van der Waals surface area contributed by atoms with Crippen molar-refractivity contribution in [2.45, 2.75) is 39.2 Å². The maximum absolute atomic E-state index is 11.8. The number of benzene rings is 1. The first-order valence-electron chi connectivity index (χ1n) is 11.6. The van der Waals surface area contributed by atoms with Gasteiger partial charge in [0.05, 0.1) is 6.61 Å². The fourth-order valence-corrected chi connectivity index (χ4v) is 4.22. The van der Waals surface area contributed by atoms with Crippen molar-refractivity contribution in [3.8, 4) is 0 Å². The van der Waals surface area contributed by atoms with Gasteiger partial charge in [0.25, 0.3) is 0 Å². The number of ether oxygens (including phenoxy) is 1. The highest BCUT2D eigenvalue weighted by Crippen LogP contribution is 2.18. The van der Waals surface area contributed by atoms with Gasteiger partial charge in [0.1, 0.15) is 0 Å². The molecule has 0 unspecified atom stereocenters. The van der Waals surface area contributed by atoms with E-state index in [0.717, 1.165) is 58.5 Å². The molecule has 0 aliphatic carbocycles. The van der Waals surface area contributed by atoms with Gasteiger partial charge in [0, 0.05) is 64.1 Å². The standard InChI is InChI=1S/C23H38N6O2/c1-3-31-23(30)29-12-8-20(9-13-29)26-22(24)25-10-5-11-27-14-16-28(17-15-27)21-7-4-6-19(2)18-21/h4,6-7,18,20H,3,5,8-17H2,1-2H3,(H3,24,25,26). The Kier molecular flexibility index (Phi) is 8.82. The normalized spacial score (nSPS) is 18.8. The van der Waals surface area contributed by atoms with Crippen molar-refractivity contribution >= 4 is 17.7 Å². The number of hydrogen-bond acceptors (Lipinski definition) is 5. The first kappa shape index (κ1) is 23.2. The molecule has 3 rings (SSSR count). The number of carbonyl (C=O) groups excluding carboxylic acids is 1. The van der Waals surface area contributed by atoms with Crippen LogP contribution in [0.3, 0.4) is 0 Å². The van der Waals surface area contributed by atoms with Crippen LogP contribution >= 0.6 is 0 Å². The van der Waals surface area contributed by atoms with Gasteiger partial charge in [0.15, 0.2) is 5.96 Å². The Hall–Kier alpha value is -2.48. The number of anilines is 1. The number of aliphatic imine (C=N–C) groups is 1. The number of nitrogens with two attached hydrogens (primary N) is 1. The van der Waals surface area contributed by atoms with E-state index < -0.39 is 0 Å². The fourth-order valence-electron chi connectivity index (χ4n) is 4.22. The molecule has 0 saturated carbocycles. The molecule has 2 fully saturated rings. The van der Waals surface area contributed by atoms with Crippen LogP contribution in [0.5, 0.6) is 0 Å². The summed E-state index contributed by atoms with van der Waals surface area (Å²) in [5.41, 5.74) is 8.72. The Bertz CT molecular complexity index is 725. The van der Waals surface area contributed by atoms with Gasteiger partial charge >= 0.3 is 6.09 Å². The van der Waals surface area contributed by atoms with Crippen molar-refractivity contribution in [1.29, 1.82) is 0 Å². The highest BCUT2D eigenvalue weighted by molar-refractivity contribution is 5.78. The Morgan fingerprint density at radius 1 is 1.19 bits per heavy atom. The minimum atomic E-state index is -0.220. The van der Waals surface area contributed by atoms with Gasteiger partial charge < -0.3 is 25.6 Å². The molecule has 0 bridgehead atoms. The van der Waals surface area contributed by atoms with E-state index in [2.05, 4.69) is 51.3 Å². The molecule has 2 aliphatic rings. The largest absolute Gasteiger partial charge is 0.450 e. The molecule has 2 aliphatic heterocycles. The number of piperidine rings is 1. The quantitative estimate of drug-likeness (QED) is 0.391. The van der Waals surface area contributed by atoms with Crippen molar-refractivity contribution in [3.63, 3.8) is 0 Å². The van der Waals surface area contributed by atoms with Crippen molar-refractivity contribution in [2.24, 2.45) is 10.7 Å². The second-order valence-corrected chi connectivity index (χ2v) is 8.39. The minimum absolute atomic E-state index is 0.220. The predicted molar refractivity (Wildman–Crippen MR) is 126 cm³/mol. The van der Waals surface area contributed by atoms with Gasteiger partial charge in [-0.05, 0) is 50.8 Å². The van der Waals surface area contributed by atoms with Gasteiger partial charge in [0.2, 0.25) is 0 Å². The summed E-state index contributed by atoms with van der Waals surface area (Å²) in [4.78, 5) is 23.0. The Morgan fingerprint density at radius 2 is 1.94 bits per heavy atom. The Labute approximate surface area is 186 Å². The summed E-state index contributed by atoms with van der Waals surface area (Å²) in [6.07, 6.45) is 2.51. The zero-order valence-electron chi connectivity index (χ0n) is 19.1. The predicted octanol–water partition coefficient (Wildman–Crippen LogP) is 2.03. The number of nitrogens with zero attached hydrogens (tertiary/aromatic N) is 4. The number of piperazine rings is 1. The molecule has 0 atom stereocenters. The molecule has 1 amide bonds. The van der Waals surface area contributed by atoms with E-state index in [1.54, 1.807) is 4.90 Å². The molecule has 8 nitrogen and oxygen atoms in total. The second-order valence-electron chi connectivity index (χ2n) is 8.39. The zero-order valence-corrected chi connectivity index (χ0v) is 19.1. The minimum Gasteiger partial charge on any atom is -0.450 e. The molecule has 2 saturated heterocycles. The van der Waals surface area contributed by atoms with Crippen LogP contribution in [0.4, 0.5) is 10.5 Å². The van der Waals surface area contributed by atoms with E-state index in [1.807, 2.05) is 6.92 Å². The SMILES string of the molecule is CCOC(=O)N1CCC(NC(N)=NCCCN2CCN(c3cccc(C)c3)CC2)CC1. The molecule has 1 aromatic carbocycles. The lowest BCUT2D eigenvalue weighted by molar-refractivity contribution is 0.0963. The fraction of sp³-hybridized carbons (Fsp3) is 0.652. The second kappa shape index (κ2) is 11.8. The lowest BCUT2D eigenvalue weighted by atomic mass is 10.1. The maximum atomic E-state index is 11.8. The van der Waals surface area contributed by atoms with Crippen LogP contribution in [0, 0.1) is 6.92 Å². The van der Waals surface area contributed by atoms with Crippen LogP contribution < -0.4 is 16.0 Å². The van der Waals surface area contributed by atoms with Crippen LogP contribution in [0.1, 0.15) is 31.7 Å². The summed E-state index contributed by atoms with van der Waals surface area (Å²) in [5, 5.41) is 3.31. The topological polar surface area (TPSA) is 86.4 Å². The first-order chi connectivity index (χ1) is 15.0. The van der Waals surface area contributed by atoms with Gasteiger partial charge in [-0.3, -0.25) is 9.89 Å². The summed E-state index contributed by atoms with van der Waals surface area (Å²) in [5.74, 6) is 0.513. The molecule has 8 heteroatoms.